The zero-order chi connectivity index (χ0) is 20.4. The van der Waals surface area contributed by atoms with Gasteiger partial charge in [0.05, 0.1) is 16.8 Å². The van der Waals surface area contributed by atoms with Gasteiger partial charge in [0.2, 0.25) is 0 Å². The van der Waals surface area contributed by atoms with E-state index in [9.17, 15) is 14.4 Å². The standard InChI is InChI=1S/C17H17BrClN5O4/c1-22-13(18)9-20-14(22)15(25)21-10-2-3-11(12(19)8-10)16(26)23-4-6-24(7-5-23)17(27)28/h2-3,8-9H,4-7H2,1H3,(H,21,25)(H,27,28). The molecule has 1 aliphatic heterocycles. The first-order valence-corrected chi connectivity index (χ1v) is 9.50. The van der Waals surface area contributed by atoms with Gasteiger partial charge in [-0.2, -0.15) is 0 Å². The van der Waals surface area contributed by atoms with Gasteiger partial charge in [-0.1, -0.05) is 11.6 Å². The number of hydrogen-bond acceptors (Lipinski definition) is 4. The van der Waals surface area contributed by atoms with Crippen LogP contribution in [0.25, 0.3) is 0 Å². The van der Waals surface area contributed by atoms with Crippen molar-refractivity contribution in [1.29, 1.82) is 0 Å². The highest BCUT2D eigenvalue weighted by Gasteiger charge is 2.26. The van der Waals surface area contributed by atoms with Crippen molar-refractivity contribution in [2.24, 2.45) is 7.05 Å². The average Bonchev–Trinajstić information content (AvgIpc) is 3.00. The first-order valence-electron chi connectivity index (χ1n) is 8.33. The van der Waals surface area contributed by atoms with Gasteiger partial charge in [0.25, 0.3) is 11.8 Å². The predicted molar refractivity (Wildman–Crippen MR) is 106 cm³/mol. The lowest BCUT2D eigenvalue weighted by atomic mass is 10.1. The molecule has 0 atom stereocenters. The molecule has 2 N–H and O–H groups in total. The Balaban J connectivity index is 1.68. The van der Waals surface area contributed by atoms with Gasteiger partial charge in [0.15, 0.2) is 5.82 Å². The zero-order valence-corrected chi connectivity index (χ0v) is 17.2. The maximum Gasteiger partial charge on any atom is 0.407 e. The summed E-state index contributed by atoms with van der Waals surface area (Å²) < 4.78 is 2.26. The Kier molecular flexibility index (Phi) is 5.90. The van der Waals surface area contributed by atoms with Crippen LogP contribution in [0.15, 0.2) is 29.0 Å². The van der Waals surface area contributed by atoms with Gasteiger partial charge in [-0.05, 0) is 34.1 Å². The number of anilines is 1. The first kappa shape index (κ1) is 20.2. The lowest BCUT2D eigenvalue weighted by Crippen LogP contribution is -2.50. The topological polar surface area (TPSA) is 108 Å². The van der Waals surface area contributed by atoms with Crippen molar-refractivity contribution in [3.63, 3.8) is 0 Å². The van der Waals surface area contributed by atoms with Crippen molar-refractivity contribution in [3.8, 4) is 0 Å². The number of carboxylic acid groups (broad SMARTS) is 1. The second-order valence-electron chi connectivity index (χ2n) is 6.17. The molecule has 0 saturated carbocycles. The summed E-state index contributed by atoms with van der Waals surface area (Å²) in [6.45, 7) is 1.11. The third-order valence-electron chi connectivity index (χ3n) is 4.43. The Bertz CT molecular complexity index is 940. The summed E-state index contributed by atoms with van der Waals surface area (Å²) >= 11 is 9.53. The van der Waals surface area contributed by atoms with Gasteiger partial charge in [-0.3, -0.25) is 9.59 Å². The first-order chi connectivity index (χ1) is 13.3. The molecule has 1 aromatic carbocycles. The van der Waals surface area contributed by atoms with Crippen LogP contribution >= 0.6 is 27.5 Å². The SMILES string of the molecule is Cn1c(Br)cnc1C(=O)Nc1ccc(C(=O)N2CCN(C(=O)O)CC2)c(Cl)c1. The number of piperazine rings is 1. The van der Waals surface area contributed by atoms with Gasteiger partial charge >= 0.3 is 6.09 Å². The second kappa shape index (κ2) is 8.19. The summed E-state index contributed by atoms with van der Waals surface area (Å²) in [7, 11) is 1.70. The fourth-order valence-electron chi connectivity index (χ4n) is 2.82. The van der Waals surface area contributed by atoms with Gasteiger partial charge in [-0.25, -0.2) is 9.78 Å². The molecular weight excluding hydrogens is 454 g/mol. The Morgan fingerprint density at radius 1 is 1.18 bits per heavy atom. The van der Waals surface area contributed by atoms with Crippen molar-refractivity contribution >= 4 is 51.1 Å². The average molecular weight is 471 g/mol. The van der Waals surface area contributed by atoms with E-state index in [0.717, 1.165) is 0 Å². The fourth-order valence-corrected chi connectivity index (χ4v) is 3.36. The molecule has 0 bridgehead atoms. The number of halogens is 2. The smallest absolute Gasteiger partial charge is 0.407 e. The van der Waals surface area contributed by atoms with E-state index >= 15 is 0 Å². The monoisotopic (exact) mass is 469 g/mol. The molecular formula is C17H17BrClN5O4. The van der Waals surface area contributed by atoms with E-state index in [-0.39, 0.29) is 29.8 Å². The maximum atomic E-state index is 12.7. The van der Waals surface area contributed by atoms with Crippen molar-refractivity contribution in [3.05, 3.63) is 45.4 Å². The Labute approximate surface area is 174 Å². The Morgan fingerprint density at radius 3 is 2.36 bits per heavy atom. The molecule has 0 unspecified atom stereocenters. The number of nitrogens with zero attached hydrogens (tertiary/aromatic N) is 4. The lowest BCUT2D eigenvalue weighted by molar-refractivity contribution is 0.0625. The van der Waals surface area contributed by atoms with Crippen molar-refractivity contribution < 1.29 is 19.5 Å². The minimum Gasteiger partial charge on any atom is -0.465 e. The summed E-state index contributed by atoms with van der Waals surface area (Å²) in [5.74, 6) is -0.464. The third-order valence-corrected chi connectivity index (χ3v) is 5.48. The number of imidazole rings is 1. The molecule has 2 heterocycles. The van der Waals surface area contributed by atoms with Crippen LogP contribution in [0.5, 0.6) is 0 Å². The largest absolute Gasteiger partial charge is 0.465 e. The molecule has 1 aromatic heterocycles. The summed E-state index contributed by atoms with van der Waals surface area (Å²) in [5.41, 5.74) is 0.726. The van der Waals surface area contributed by atoms with Crippen LogP contribution in [0.1, 0.15) is 21.0 Å². The van der Waals surface area contributed by atoms with Gasteiger partial charge in [-0.15, -0.1) is 0 Å². The molecule has 11 heteroatoms. The van der Waals surface area contributed by atoms with E-state index in [4.69, 9.17) is 16.7 Å². The number of benzene rings is 1. The van der Waals surface area contributed by atoms with E-state index in [1.807, 2.05) is 0 Å². The van der Waals surface area contributed by atoms with Crippen LogP contribution in [0.4, 0.5) is 10.5 Å². The second-order valence-corrected chi connectivity index (χ2v) is 7.39. The summed E-state index contributed by atoms with van der Waals surface area (Å²) in [6, 6.07) is 4.62. The Hall–Kier alpha value is -2.59. The molecule has 1 fully saturated rings. The molecule has 1 aliphatic rings. The van der Waals surface area contributed by atoms with Gasteiger partial charge in [0.1, 0.15) is 4.60 Å². The highest BCUT2D eigenvalue weighted by Crippen LogP contribution is 2.23. The molecule has 9 nitrogen and oxygen atoms in total. The summed E-state index contributed by atoms with van der Waals surface area (Å²) in [6.07, 6.45) is 0.526. The fraction of sp³-hybridized carbons (Fsp3) is 0.294. The lowest BCUT2D eigenvalue weighted by Gasteiger charge is -2.33. The van der Waals surface area contributed by atoms with E-state index < -0.39 is 12.0 Å². The molecule has 28 heavy (non-hydrogen) atoms. The molecule has 148 valence electrons. The van der Waals surface area contributed by atoms with Crippen LogP contribution in [0, 0.1) is 0 Å². The normalized spacial score (nSPS) is 14.1. The molecule has 0 spiro atoms. The van der Waals surface area contributed by atoms with E-state index in [1.165, 1.54) is 23.2 Å². The van der Waals surface area contributed by atoms with Crippen LogP contribution in [-0.2, 0) is 7.05 Å². The van der Waals surface area contributed by atoms with E-state index in [2.05, 4.69) is 26.2 Å². The van der Waals surface area contributed by atoms with Crippen molar-refractivity contribution in [1.82, 2.24) is 19.4 Å². The molecule has 3 rings (SSSR count). The van der Waals surface area contributed by atoms with Gasteiger partial charge < -0.3 is 24.8 Å². The Morgan fingerprint density at radius 2 is 1.82 bits per heavy atom. The highest BCUT2D eigenvalue weighted by atomic mass is 79.9. The number of carbonyl (C=O) groups excluding carboxylic acids is 2. The quantitative estimate of drug-likeness (QED) is 0.717. The predicted octanol–water partition coefficient (Wildman–Crippen LogP) is 2.52. The van der Waals surface area contributed by atoms with Crippen molar-refractivity contribution in [2.75, 3.05) is 31.5 Å². The number of amides is 3. The number of aromatic nitrogens is 2. The van der Waals surface area contributed by atoms with Crippen LogP contribution in [0.2, 0.25) is 5.02 Å². The van der Waals surface area contributed by atoms with Crippen LogP contribution in [0.3, 0.4) is 0 Å². The molecule has 3 amide bonds. The van der Waals surface area contributed by atoms with Gasteiger partial charge in [0, 0.05) is 38.9 Å². The maximum absolute atomic E-state index is 12.7. The van der Waals surface area contributed by atoms with E-state index in [1.54, 1.807) is 22.6 Å². The number of rotatable bonds is 3. The van der Waals surface area contributed by atoms with Crippen LogP contribution in [-0.4, -0.2) is 68.5 Å². The number of hydrogen-bond donors (Lipinski definition) is 2. The van der Waals surface area contributed by atoms with Crippen molar-refractivity contribution in [2.45, 2.75) is 0 Å². The van der Waals surface area contributed by atoms with Crippen LogP contribution < -0.4 is 5.32 Å². The minimum atomic E-state index is -0.995. The highest BCUT2D eigenvalue weighted by molar-refractivity contribution is 9.10. The summed E-state index contributed by atoms with van der Waals surface area (Å²) in [5, 5.41) is 11.9. The molecule has 0 aliphatic carbocycles. The number of carbonyl (C=O) groups is 3. The molecule has 2 aromatic rings. The molecule has 0 radical (unpaired) electrons. The van der Waals surface area contributed by atoms with E-state index in [0.29, 0.717) is 28.9 Å². The molecule has 1 saturated heterocycles. The zero-order valence-electron chi connectivity index (χ0n) is 14.9. The summed E-state index contributed by atoms with van der Waals surface area (Å²) in [4.78, 5) is 42.8. The third kappa shape index (κ3) is 4.12. The minimum absolute atomic E-state index is 0.199. The number of nitrogens with one attached hydrogen (secondary N) is 1.